The molecule has 1 aliphatic carbocycles. The van der Waals surface area contributed by atoms with E-state index >= 15 is 0 Å². The number of rotatable bonds is 6. The first kappa shape index (κ1) is 20.4. The maximum absolute atomic E-state index is 13.3. The maximum atomic E-state index is 13.3. The van der Waals surface area contributed by atoms with Gasteiger partial charge in [0, 0.05) is 10.9 Å². The number of aromatic nitrogens is 1. The summed E-state index contributed by atoms with van der Waals surface area (Å²) in [4.78, 5) is 30.5. The molecule has 0 saturated heterocycles. The molecule has 0 fully saturated rings. The number of halogens is 2. The molecule has 0 spiro atoms. The zero-order valence-electron chi connectivity index (χ0n) is 15.7. The predicted molar refractivity (Wildman–Crippen MR) is 104 cm³/mol. The van der Waals surface area contributed by atoms with E-state index in [4.69, 9.17) is 0 Å². The number of benzene rings is 1. The number of aryl methyl sites for hydroxylation is 2. The van der Waals surface area contributed by atoms with Crippen LogP contribution >= 0.6 is 11.3 Å². The fourth-order valence-electron chi connectivity index (χ4n) is 3.27. The molecule has 0 bridgehead atoms. The van der Waals surface area contributed by atoms with Crippen molar-refractivity contribution in [1.82, 2.24) is 10.3 Å². The molecular formula is C20H23F2N3O2S. The van der Waals surface area contributed by atoms with Crippen LogP contribution in [0.25, 0.3) is 0 Å². The number of fused-ring (bicyclic) bond motifs is 1. The number of carbonyl (C=O) groups excluding carboxylic acids is 2. The topological polar surface area (TPSA) is 71.1 Å². The smallest absolute Gasteiger partial charge is 0.248 e. The summed E-state index contributed by atoms with van der Waals surface area (Å²) in [5.74, 6) is -2.29. The second-order valence-corrected chi connectivity index (χ2v) is 8.01. The van der Waals surface area contributed by atoms with Crippen LogP contribution in [-0.2, 0) is 28.9 Å². The molecule has 8 heteroatoms. The summed E-state index contributed by atoms with van der Waals surface area (Å²) in [7, 11) is 0. The molecule has 2 N–H and O–H groups in total. The minimum Gasteiger partial charge on any atom is -0.344 e. The van der Waals surface area contributed by atoms with Crippen LogP contribution in [0.15, 0.2) is 18.2 Å². The van der Waals surface area contributed by atoms with Gasteiger partial charge in [-0.15, -0.1) is 11.3 Å². The van der Waals surface area contributed by atoms with Crippen LogP contribution in [0.4, 0.5) is 13.9 Å². The predicted octanol–water partition coefficient (Wildman–Crippen LogP) is 3.77. The number of hydrogen-bond donors (Lipinski definition) is 2. The number of carbonyl (C=O) groups is 2. The molecule has 150 valence electrons. The number of thiazole rings is 1. The van der Waals surface area contributed by atoms with Gasteiger partial charge < -0.3 is 10.6 Å². The first-order chi connectivity index (χ1) is 13.4. The minimum absolute atomic E-state index is 0.204. The third-order valence-electron chi connectivity index (χ3n) is 4.67. The molecule has 0 unspecified atom stereocenters. The van der Waals surface area contributed by atoms with E-state index < -0.39 is 23.6 Å². The van der Waals surface area contributed by atoms with Crippen molar-refractivity contribution in [2.24, 2.45) is 0 Å². The van der Waals surface area contributed by atoms with Gasteiger partial charge in [0.15, 0.2) is 5.13 Å². The van der Waals surface area contributed by atoms with Crippen molar-refractivity contribution in [2.45, 2.75) is 57.9 Å². The third kappa shape index (κ3) is 5.34. The van der Waals surface area contributed by atoms with Crippen molar-refractivity contribution < 1.29 is 18.4 Å². The van der Waals surface area contributed by atoms with Gasteiger partial charge in [-0.3, -0.25) is 9.59 Å². The lowest BCUT2D eigenvalue weighted by Crippen LogP contribution is -2.44. The SMILES string of the molecule is CC[C@H](NC(=O)Cc1cc(F)cc(F)c1)C(=O)Nc1nc2c(s1)CCCCC2. The van der Waals surface area contributed by atoms with Crippen molar-refractivity contribution in [3.8, 4) is 0 Å². The molecule has 1 atom stereocenters. The summed E-state index contributed by atoms with van der Waals surface area (Å²) in [5, 5.41) is 5.97. The van der Waals surface area contributed by atoms with E-state index in [0.717, 1.165) is 49.6 Å². The van der Waals surface area contributed by atoms with E-state index in [2.05, 4.69) is 15.6 Å². The van der Waals surface area contributed by atoms with Gasteiger partial charge in [0.1, 0.15) is 17.7 Å². The summed E-state index contributed by atoms with van der Waals surface area (Å²) in [5.41, 5.74) is 1.27. The summed E-state index contributed by atoms with van der Waals surface area (Å²) < 4.78 is 26.5. The van der Waals surface area contributed by atoms with Crippen LogP contribution in [-0.4, -0.2) is 22.8 Å². The summed E-state index contributed by atoms with van der Waals surface area (Å²) in [6.07, 6.45) is 5.55. The zero-order valence-corrected chi connectivity index (χ0v) is 16.5. The first-order valence-corrected chi connectivity index (χ1v) is 10.3. The summed E-state index contributed by atoms with van der Waals surface area (Å²) in [6.45, 7) is 1.78. The molecule has 2 aromatic rings. The Kier molecular flexibility index (Phi) is 6.72. The lowest BCUT2D eigenvalue weighted by molar-refractivity contribution is -0.126. The number of amides is 2. The lowest BCUT2D eigenvalue weighted by atomic mass is 10.1. The summed E-state index contributed by atoms with van der Waals surface area (Å²) >= 11 is 1.49. The minimum atomic E-state index is -0.741. The Morgan fingerprint density at radius 3 is 2.57 bits per heavy atom. The normalized spacial score (nSPS) is 14.7. The van der Waals surface area contributed by atoms with Crippen LogP contribution in [0.5, 0.6) is 0 Å². The van der Waals surface area contributed by atoms with Gasteiger partial charge in [-0.05, 0) is 49.8 Å². The first-order valence-electron chi connectivity index (χ1n) is 9.48. The molecular weight excluding hydrogens is 384 g/mol. The molecule has 1 heterocycles. The lowest BCUT2D eigenvalue weighted by Gasteiger charge is -2.16. The molecule has 5 nitrogen and oxygen atoms in total. The standard InChI is InChI=1S/C20H23F2N3O2S/c1-2-15(23-18(26)10-12-8-13(21)11-14(22)9-12)19(27)25-20-24-16-6-4-3-5-7-17(16)28-20/h8-9,11,15H,2-7,10H2,1H3,(H,23,26)(H,24,25,27)/t15-/m0/s1. The highest BCUT2D eigenvalue weighted by molar-refractivity contribution is 7.15. The van der Waals surface area contributed by atoms with E-state index in [9.17, 15) is 18.4 Å². The van der Waals surface area contributed by atoms with E-state index in [1.165, 1.54) is 22.6 Å². The Morgan fingerprint density at radius 1 is 1.14 bits per heavy atom. The molecule has 2 amide bonds. The van der Waals surface area contributed by atoms with Crippen LogP contribution in [0.2, 0.25) is 0 Å². The van der Waals surface area contributed by atoms with Crippen LogP contribution < -0.4 is 10.6 Å². The van der Waals surface area contributed by atoms with Crippen molar-refractivity contribution >= 4 is 28.3 Å². The van der Waals surface area contributed by atoms with Crippen molar-refractivity contribution in [1.29, 1.82) is 0 Å². The molecule has 1 aromatic carbocycles. The fourth-order valence-corrected chi connectivity index (χ4v) is 4.32. The van der Waals surface area contributed by atoms with Gasteiger partial charge in [0.2, 0.25) is 11.8 Å². The average Bonchev–Trinajstić information content (AvgIpc) is 2.86. The molecule has 3 rings (SSSR count). The van der Waals surface area contributed by atoms with Gasteiger partial charge >= 0.3 is 0 Å². The largest absolute Gasteiger partial charge is 0.344 e. The van der Waals surface area contributed by atoms with Gasteiger partial charge in [0.05, 0.1) is 12.1 Å². The van der Waals surface area contributed by atoms with Crippen LogP contribution in [0.1, 0.15) is 48.7 Å². The monoisotopic (exact) mass is 407 g/mol. The van der Waals surface area contributed by atoms with Crippen molar-refractivity contribution in [3.05, 3.63) is 46.0 Å². The molecule has 28 heavy (non-hydrogen) atoms. The van der Waals surface area contributed by atoms with Gasteiger partial charge in [-0.2, -0.15) is 0 Å². The second-order valence-electron chi connectivity index (χ2n) is 6.92. The van der Waals surface area contributed by atoms with Crippen LogP contribution in [0, 0.1) is 11.6 Å². The highest BCUT2D eigenvalue weighted by atomic mass is 32.1. The number of nitrogens with one attached hydrogen (secondary N) is 2. The van der Waals surface area contributed by atoms with E-state index in [0.29, 0.717) is 11.6 Å². The number of nitrogens with zero attached hydrogens (tertiary/aromatic N) is 1. The Bertz CT molecular complexity index is 825. The van der Waals surface area contributed by atoms with Gasteiger partial charge in [-0.1, -0.05) is 13.3 Å². The second kappa shape index (κ2) is 9.23. The van der Waals surface area contributed by atoms with E-state index in [1.54, 1.807) is 6.92 Å². The highest BCUT2D eigenvalue weighted by Crippen LogP contribution is 2.29. The van der Waals surface area contributed by atoms with Gasteiger partial charge in [0.25, 0.3) is 0 Å². The van der Waals surface area contributed by atoms with E-state index in [-0.39, 0.29) is 17.9 Å². The molecule has 0 radical (unpaired) electrons. The number of hydrogen-bond acceptors (Lipinski definition) is 4. The molecule has 0 saturated carbocycles. The quantitative estimate of drug-likeness (QED) is 0.716. The Balaban J connectivity index is 1.59. The van der Waals surface area contributed by atoms with Crippen molar-refractivity contribution in [3.63, 3.8) is 0 Å². The highest BCUT2D eigenvalue weighted by Gasteiger charge is 2.22. The zero-order chi connectivity index (χ0) is 20.1. The average molecular weight is 407 g/mol. The third-order valence-corrected chi connectivity index (χ3v) is 5.75. The fraction of sp³-hybridized carbons (Fsp3) is 0.450. The Labute approximate surface area is 166 Å². The van der Waals surface area contributed by atoms with E-state index in [1.807, 2.05) is 0 Å². The van der Waals surface area contributed by atoms with Crippen molar-refractivity contribution in [2.75, 3.05) is 5.32 Å². The van der Waals surface area contributed by atoms with Crippen LogP contribution in [0.3, 0.4) is 0 Å². The maximum Gasteiger partial charge on any atom is 0.248 e. The molecule has 1 aliphatic rings. The van der Waals surface area contributed by atoms with Gasteiger partial charge in [-0.25, -0.2) is 13.8 Å². The Morgan fingerprint density at radius 2 is 1.86 bits per heavy atom. The number of anilines is 1. The molecule has 1 aromatic heterocycles. The Hall–Kier alpha value is -2.35. The summed E-state index contributed by atoms with van der Waals surface area (Å²) in [6, 6.07) is 2.22. The molecule has 0 aliphatic heterocycles.